The zero-order valence-corrected chi connectivity index (χ0v) is 19.9. The molecule has 174 valence electrons. The highest BCUT2D eigenvalue weighted by Gasteiger charge is 2.17. The molecular formula is C25H30ClN5O2. The lowest BCUT2D eigenvalue weighted by molar-refractivity contribution is -0.122. The van der Waals surface area contributed by atoms with Crippen LogP contribution in [0.4, 0.5) is 0 Å². The summed E-state index contributed by atoms with van der Waals surface area (Å²) in [7, 11) is 0. The van der Waals surface area contributed by atoms with Crippen LogP contribution in [0.15, 0.2) is 48.5 Å². The average Bonchev–Trinajstić information content (AvgIpc) is 3.22. The molecule has 1 amide bonds. The molecule has 0 bridgehead atoms. The molecule has 8 heteroatoms. The van der Waals surface area contributed by atoms with Crippen LogP contribution >= 0.6 is 11.6 Å². The molecule has 1 aliphatic heterocycles. The Morgan fingerprint density at radius 1 is 1.12 bits per heavy atom. The maximum Gasteiger partial charge on any atom is 0.242 e. The third-order valence-electron chi connectivity index (χ3n) is 5.53. The molecule has 1 aliphatic rings. The topological polar surface area (TPSA) is 72.3 Å². The Kier molecular flexibility index (Phi) is 7.75. The standard InChI is InChI=1S/C25H30ClN5O2/c1-18(2)27-23(32)17-31-25(21-4-3-5-22(26)16-21)28-24(29-31)20-8-6-19(7-9-20)10-11-30-12-14-33-15-13-30/h3-9,16,18H,10-15,17H2,1-2H3,(H,27,32). The van der Waals surface area contributed by atoms with Gasteiger partial charge in [-0.2, -0.15) is 0 Å². The van der Waals surface area contributed by atoms with Crippen molar-refractivity contribution in [2.45, 2.75) is 32.9 Å². The van der Waals surface area contributed by atoms with Crippen molar-refractivity contribution in [3.8, 4) is 22.8 Å². The fraction of sp³-hybridized carbons (Fsp3) is 0.400. The monoisotopic (exact) mass is 467 g/mol. The van der Waals surface area contributed by atoms with Gasteiger partial charge >= 0.3 is 0 Å². The van der Waals surface area contributed by atoms with Gasteiger partial charge < -0.3 is 10.1 Å². The number of morpholine rings is 1. The largest absolute Gasteiger partial charge is 0.379 e. The molecule has 1 N–H and O–H groups in total. The molecule has 33 heavy (non-hydrogen) atoms. The molecule has 4 rings (SSSR count). The zero-order chi connectivity index (χ0) is 23.2. The van der Waals surface area contributed by atoms with Crippen molar-refractivity contribution in [1.82, 2.24) is 25.0 Å². The summed E-state index contributed by atoms with van der Waals surface area (Å²) in [6, 6.07) is 15.8. The van der Waals surface area contributed by atoms with E-state index in [4.69, 9.17) is 21.3 Å². The number of nitrogens with zero attached hydrogens (tertiary/aromatic N) is 4. The minimum Gasteiger partial charge on any atom is -0.379 e. The van der Waals surface area contributed by atoms with Crippen molar-refractivity contribution in [2.75, 3.05) is 32.8 Å². The zero-order valence-electron chi connectivity index (χ0n) is 19.1. The van der Waals surface area contributed by atoms with Gasteiger partial charge in [0.05, 0.1) is 13.2 Å². The van der Waals surface area contributed by atoms with Gasteiger partial charge in [0, 0.05) is 41.8 Å². The summed E-state index contributed by atoms with van der Waals surface area (Å²) in [6.45, 7) is 8.61. The van der Waals surface area contributed by atoms with E-state index < -0.39 is 0 Å². The van der Waals surface area contributed by atoms with Crippen molar-refractivity contribution in [1.29, 1.82) is 0 Å². The van der Waals surface area contributed by atoms with E-state index in [1.807, 2.05) is 50.2 Å². The van der Waals surface area contributed by atoms with E-state index in [1.54, 1.807) is 4.68 Å². The Morgan fingerprint density at radius 3 is 2.58 bits per heavy atom. The van der Waals surface area contributed by atoms with E-state index in [2.05, 4.69) is 27.4 Å². The second kappa shape index (κ2) is 10.9. The fourth-order valence-corrected chi connectivity index (χ4v) is 4.04. The number of nitrogens with one attached hydrogen (secondary N) is 1. The second-order valence-corrected chi connectivity index (χ2v) is 8.99. The summed E-state index contributed by atoms with van der Waals surface area (Å²) in [5, 5.41) is 8.19. The van der Waals surface area contributed by atoms with Crippen LogP contribution in [0.5, 0.6) is 0 Å². The number of rotatable bonds is 8. The highest BCUT2D eigenvalue weighted by molar-refractivity contribution is 6.30. The summed E-state index contributed by atoms with van der Waals surface area (Å²) in [6.07, 6.45) is 0.991. The Morgan fingerprint density at radius 2 is 1.88 bits per heavy atom. The van der Waals surface area contributed by atoms with Crippen LogP contribution in [0, 0.1) is 0 Å². The molecule has 7 nitrogen and oxygen atoms in total. The van der Waals surface area contributed by atoms with Crippen molar-refractivity contribution in [3.63, 3.8) is 0 Å². The second-order valence-electron chi connectivity index (χ2n) is 8.55. The predicted octanol–water partition coefficient (Wildman–Crippen LogP) is 3.66. The molecule has 0 radical (unpaired) electrons. The molecule has 1 saturated heterocycles. The third kappa shape index (κ3) is 6.41. The predicted molar refractivity (Wildman–Crippen MR) is 130 cm³/mol. The van der Waals surface area contributed by atoms with Crippen LogP contribution in [0.25, 0.3) is 22.8 Å². The van der Waals surface area contributed by atoms with Crippen LogP contribution in [0.1, 0.15) is 19.4 Å². The maximum atomic E-state index is 12.4. The Labute approximate surface area is 199 Å². The smallest absolute Gasteiger partial charge is 0.242 e. The summed E-state index contributed by atoms with van der Waals surface area (Å²) in [5.41, 5.74) is 3.01. The molecule has 2 aromatic carbocycles. The van der Waals surface area contributed by atoms with Gasteiger partial charge in [-0.15, -0.1) is 5.10 Å². The number of hydrogen-bond acceptors (Lipinski definition) is 5. The number of benzene rings is 2. The lowest BCUT2D eigenvalue weighted by Gasteiger charge is -2.26. The first kappa shape index (κ1) is 23.4. The first-order valence-corrected chi connectivity index (χ1v) is 11.8. The molecule has 3 aromatic rings. The third-order valence-corrected chi connectivity index (χ3v) is 5.77. The summed E-state index contributed by atoms with van der Waals surface area (Å²) in [4.78, 5) is 19.6. The average molecular weight is 468 g/mol. The number of aromatic nitrogens is 3. The lowest BCUT2D eigenvalue weighted by Crippen LogP contribution is -2.37. The van der Waals surface area contributed by atoms with E-state index >= 15 is 0 Å². The number of carbonyl (C=O) groups excluding carboxylic acids is 1. The molecule has 1 fully saturated rings. The summed E-state index contributed by atoms with van der Waals surface area (Å²) >= 11 is 6.20. The maximum absolute atomic E-state index is 12.4. The van der Waals surface area contributed by atoms with Crippen LogP contribution in [0.2, 0.25) is 5.02 Å². The minimum atomic E-state index is -0.108. The quantitative estimate of drug-likeness (QED) is 0.547. The fourth-order valence-electron chi connectivity index (χ4n) is 3.85. The van der Waals surface area contributed by atoms with Crippen molar-refractivity contribution in [2.24, 2.45) is 0 Å². The number of halogens is 1. The normalized spacial score (nSPS) is 14.5. The van der Waals surface area contributed by atoms with E-state index in [0.717, 1.165) is 50.4 Å². The van der Waals surface area contributed by atoms with E-state index in [0.29, 0.717) is 16.7 Å². The van der Waals surface area contributed by atoms with Crippen molar-refractivity contribution in [3.05, 3.63) is 59.1 Å². The molecule has 1 aromatic heterocycles. The molecular weight excluding hydrogens is 438 g/mol. The van der Waals surface area contributed by atoms with Crippen molar-refractivity contribution < 1.29 is 9.53 Å². The first-order chi connectivity index (χ1) is 16.0. The van der Waals surface area contributed by atoms with Gasteiger partial charge in [0.2, 0.25) is 5.91 Å². The van der Waals surface area contributed by atoms with Crippen LogP contribution in [-0.4, -0.2) is 64.5 Å². The number of amides is 1. The van der Waals surface area contributed by atoms with Gasteiger partial charge in [0.1, 0.15) is 6.54 Å². The Balaban J connectivity index is 1.54. The lowest BCUT2D eigenvalue weighted by atomic mass is 10.1. The molecule has 2 heterocycles. The number of hydrogen-bond donors (Lipinski definition) is 1. The van der Waals surface area contributed by atoms with Gasteiger partial charge in [-0.1, -0.05) is 48.0 Å². The minimum absolute atomic E-state index is 0.0557. The Bertz CT molecular complexity index is 1070. The highest BCUT2D eigenvalue weighted by Crippen LogP contribution is 2.25. The van der Waals surface area contributed by atoms with Gasteiger partial charge in [0.15, 0.2) is 11.6 Å². The van der Waals surface area contributed by atoms with E-state index in [9.17, 15) is 4.79 Å². The molecule has 0 saturated carbocycles. The highest BCUT2D eigenvalue weighted by atomic mass is 35.5. The van der Waals surface area contributed by atoms with Crippen LogP contribution < -0.4 is 5.32 Å². The summed E-state index contributed by atoms with van der Waals surface area (Å²) < 4.78 is 7.06. The van der Waals surface area contributed by atoms with Crippen molar-refractivity contribution >= 4 is 17.5 Å². The SMILES string of the molecule is CC(C)NC(=O)Cn1nc(-c2ccc(CCN3CCOCC3)cc2)nc1-c1cccc(Cl)c1. The molecule has 0 unspecified atom stereocenters. The van der Waals surface area contributed by atoms with Gasteiger partial charge in [-0.3, -0.25) is 9.69 Å². The number of carbonyl (C=O) groups is 1. The van der Waals surface area contributed by atoms with Gasteiger partial charge in [0.25, 0.3) is 0 Å². The van der Waals surface area contributed by atoms with E-state index in [-0.39, 0.29) is 18.5 Å². The Hall–Kier alpha value is -2.74. The van der Waals surface area contributed by atoms with Crippen LogP contribution in [0.3, 0.4) is 0 Å². The number of ether oxygens (including phenoxy) is 1. The first-order valence-electron chi connectivity index (χ1n) is 11.4. The van der Waals surface area contributed by atoms with Crippen LogP contribution in [-0.2, 0) is 22.5 Å². The summed E-state index contributed by atoms with van der Waals surface area (Å²) in [5.74, 6) is 1.09. The van der Waals surface area contributed by atoms with Gasteiger partial charge in [-0.05, 0) is 38.0 Å². The molecule has 0 atom stereocenters. The molecule has 0 spiro atoms. The molecule has 0 aliphatic carbocycles. The van der Waals surface area contributed by atoms with Gasteiger partial charge in [-0.25, -0.2) is 9.67 Å². The van der Waals surface area contributed by atoms with E-state index in [1.165, 1.54) is 5.56 Å².